The van der Waals surface area contributed by atoms with Crippen LogP contribution < -0.4 is 5.73 Å². The number of hydrogen-bond donors (Lipinski definition) is 1. The van der Waals surface area contributed by atoms with Gasteiger partial charge in [-0.3, -0.25) is 4.90 Å². The summed E-state index contributed by atoms with van der Waals surface area (Å²) in [6.07, 6.45) is 0. The van der Waals surface area contributed by atoms with Gasteiger partial charge in [0.1, 0.15) is 5.82 Å². The van der Waals surface area contributed by atoms with Crippen molar-refractivity contribution in [2.75, 3.05) is 26.8 Å². The molecule has 0 fully saturated rings. The number of nitrogens with zero attached hydrogens (tertiary/aromatic N) is 1. The van der Waals surface area contributed by atoms with Gasteiger partial charge in [0.25, 0.3) is 0 Å². The molecule has 1 aromatic carbocycles. The van der Waals surface area contributed by atoms with Crippen molar-refractivity contribution < 1.29 is 9.13 Å². The fourth-order valence-corrected chi connectivity index (χ4v) is 2.55. The molecule has 0 saturated carbocycles. The lowest BCUT2D eigenvalue weighted by Gasteiger charge is -2.35. The quantitative estimate of drug-likeness (QED) is 0.838. The third-order valence-electron chi connectivity index (χ3n) is 3.29. The summed E-state index contributed by atoms with van der Waals surface area (Å²) in [6.45, 7) is 6.06. The van der Waals surface area contributed by atoms with Gasteiger partial charge in [0.15, 0.2) is 0 Å². The van der Waals surface area contributed by atoms with Crippen molar-refractivity contribution in [3.05, 3.63) is 34.6 Å². The predicted octanol–water partition coefficient (Wildman–Crippen LogP) is 2.84. The molecule has 5 heteroatoms. The van der Waals surface area contributed by atoms with Gasteiger partial charge in [-0.15, -0.1) is 0 Å². The molecule has 0 aliphatic carbocycles. The van der Waals surface area contributed by atoms with Crippen LogP contribution in [0, 0.1) is 5.82 Å². The predicted molar refractivity (Wildman–Crippen MR) is 76.9 cm³/mol. The topological polar surface area (TPSA) is 38.5 Å². The fourth-order valence-electron chi connectivity index (χ4n) is 2.36. The molecule has 3 nitrogen and oxygen atoms in total. The molecule has 2 unspecified atom stereocenters. The molecule has 0 aromatic heterocycles. The molecule has 0 aliphatic rings. The molecule has 0 bridgehead atoms. The Morgan fingerprint density at radius 2 is 2.16 bits per heavy atom. The molecule has 108 valence electrons. The maximum absolute atomic E-state index is 13.2. The molecule has 0 spiro atoms. The molecular weight excluding hydrogens is 267 g/mol. The van der Waals surface area contributed by atoms with E-state index in [1.54, 1.807) is 19.2 Å². The number of methoxy groups -OCH3 is 1. The average Bonchev–Trinajstić information content (AvgIpc) is 2.39. The third kappa shape index (κ3) is 4.14. The number of nitrogens with two attached hydrogens (primary N) is 1. The summed E-state index contributed by atoms with van der Waals surface area (Å²) in [6, 6.07) is 5.01. The van der Waals surface area contributed by atoms with E-state index in [-0.39, 0.29) is 17.1 Å². The van der Waals surface area contributed by atoms with Crippen molar-refractivity contribution >= 4 is 11.6 Å². The normalized spacial score (nSPS) is 14.7. The first-order valence-electron chi connectivity index (χ1n) is 6.44. The maximum Gasteiger partial charge on any atom is 0.141 e. The fraction of sp³-hybridized carbons (Fsp3) is 0.571. The van der Waals surface area contributed by atoms with Crippen LogP contribution in [-0.2, 0) is 4.74 Å². The van der Waals surface area contributed by atoms with Crippen LogP contribution >= 0.6 is 11.6 Å². The summed E-state index contributed by atoms with van der Waals surface area (Å²) in [4.78, 5) is 2.23. The summed E-state index contributed by atoms with van der Waals surface area (Å²) in [5.41, 5.74) is 6.81. The summed E-state index contributed by atoms with van der Waals surface area (Å²) in [5, 5.41) is 0.131. The Kier molecular flexibility index (Phi) is 6.72. The highest BCUT2D eigenvalue weighted by Crippen LogP contribution is 2.26. The van der Waals surface area contributed by atoms with E-state index >= 15 is 0 Å². The second-order valence-electron chi connectivity index (χ2n) is 4.56. The lowest BCUT2D eigenvalue weighted by atomic mass is 10.0. The van der Waals surface area contributed by atoms with Crippen LogP contribution in [-0.4, -0.2) is 37.7 Å². The van der Waals surface area contributed by atoms with E-state index in [2.05, 4.69) is 18.7 Å². The van der Waals surface area contributed by atoms with Crippen LogP contribution in [0.2, 0.25) is 5.02 Å². The molecule has 19 heavy (non-hydrogen) atoms. The monoisotopic (exact) mass is 288 g/mol. The van der Waals surface area contributed by atoms with Gasteiger partial charge < -0.3 is 10.5 Å². The Hall–Kier alpha value is -0.680. The van der Waals surface area contributed by atoms with E-state index in [4.69, 9.17) is 22.1 Å². The highest BCUT2D eigenvalue weighted by atomic mass is 35.5. The van der Waals surface area contributed by atoms with E-state index < -0.39 is 5.82 Å². The summed E-state index contributed by atoms with van der Waals surface area (Å²) >= 11 is 5.84. The number of likely N-dealkylation sites (N-methyl/N-ethyl adjacent to an activating group) is 1. The molecule has 1 aromatic rings. The largest absolute Gasteiger partial charge is 0.383 e. The van der Waals surface area contributed by atoms with Crippen LogP contribution in [0.3, 0.4) is 0 Å². The Bertz CT molecular complexity index is 403. The van der Waals surface area contributed by atoms with Crippen molar-refractivity contribution in [2.24, 2.45) is 5.73 Å². The molecular formula is C14H22ClFN2O. The van der Waals surface area contributed by atoms with Crippen LogP contribution in [0.25, 0.3) is 0 Å². The van der Waals surface area contributed by atoms with Crippen molar-refractivity contribution in [1.29, 1.82) is 0 Å². The molecule has 2 N–H and O–H groups in total. The smallest absolute Gasteiger partial charge is 0.141 e. The van der Waals surface area contributed by atoms with Gasteiger partial charge in [-0.1, -0.05) is 24.6 Å². The Morgan fingerprint density at radius 1 is 1.47 bits per heavy atom. The second kappa shape index (κ2) is 7.80. The number of benzene rings is 1. The SMILES string of the molecule is CCN(C(C)COC)C(CN)c1ccc(F)c(Cl)c1. The molecule has 0 amide bonds. The van der Waals surface area contributed by atoms with Crippen LogP contribution in [0.4, 0.5) is 4.39 Å². The van der Waals surface area contributed by atoms with E-state index in [0.29, 0.717) is 13.2 Å². The van der Waals surface area contributed by atoms with Gasteiger partial charge in [0, 0.05) is 25.7 Å². The molecule has 1 rings (SSSR count). The zero-order valence-electron chi connectivity index (χ0n) is 11.7. The first kappa shape index (κ1) is 16.4. The van der Waals surface area contributed by atoms with E-state index in [1.165, 1.54) is 6.07 Å². The number of ether oxygens (including phenoxy) is 1. The zero-order chi connectivity index (χ0) is 14.4. The summed E-state index contributed by atoms with van der Waals surface area (Å²) < 4.78 is 18.4. The first-order valence-corrected chi connectivity index (χ1v) is 6.82. The Labute approximate surface area is 119 Å². The second-order valence-corrected chi connectivity index (χ2v) is 4.97. The maximum atomic E-state index is 13.2. The lowest BCUT2D eigenvalue weighted by molar-refractivity contribution is 0.0751. The summed E-state index contributed by atoms with van der Waals surface area (Å²) in [7, 11) is 1.68. The minimum Gasteiger partial charge on any atom is -0.383 e. The van der Waals surface area contributed by atoms with E-state index in [1.807, 2.05) is 0 Å². The van der Waals surface area contributed by atoms with Crippen LogP contribution in [0.1, 0.15) is 25.5 Å². The number of hydrogen-bond acceptors (Lipinski definition) is 3. The van der Waals surface area contributed by atoms with Crippen molar-refractivity contribution in [2.45, 2.75) is 25.9 Å². The average molecular weight is 289 g/mol. The summed E-state index contributed by atoms with van der Waals surface area (Å²) in [5.74, 6) is -0.408. The van der Waals surface area contributed by atoms with Crippen molar-refractivity contribution in [3.63, 3.8) is 0 Å². The number of rotatable bonds is 7. The molecule has 0 radical (unpaired) electrons. The van der Waals surface area contributed by atoms with Gasteiger partial charge in [0.05, 0.1) is 11.6 Å². The van der Waals surface area contributed by atoms with Gasteiger partial charge >= 0.3 is 0 Å². The Balaban J connectivity index is 2.99. The highest BCUT2D eigenvalue weighted by Gasteiger charge is 2.23. The zero-order valence-corrected chi connectivity index (χ0v) is 12.5. The van der Waals surface area contributed by atoms with Gasteiger partial charge in [-0.25, -0.2) is 4.39 Å². The van der Waals surface area contributed by atoms with Crippen LogP contribution in [0.5, 0.6) is 0 Å². The molecule has 0 aliphatic heterocycles. The van der Waals surface area contributed by atoms with E-state index in [0.717, 1.165) is 12.1 Å². The van der Waals surface area contributed by atoms with Crippen LogP contribution in [0.15, 0.2) is 18.2 Å². The van der Waals surface area contributed by atoms with Gasteiger partial charge in [-0.05, 0) is 31.2 Å². The van der Waals surface area contributed by atoms with Gasteiger partial charge in [0.2, 0.25) is 0 Å². The van der Waals surface area contributed by atoms with Crippen molar-refractivity contribution in [1.82, 2.24) is 4.90 Å². The Morgan fingerprint density at radius 3 is 2.63 bits per heavy atom. The van der Waals surface area contributed by atoms with E-state index in [9.17, 15) is 4.39 Å². The standard InChI is InChI=1S/C14H22ClFN2O/c1-4-18(10(2)9-19-3)14(8-17)11-5-6-13(16)12(15)7-11/h5-7,10,14H,4,8-9,17H2,1-3H3. The van der Waals surface area contributed by atoms with Crippen molar-refractivity contribution in [3.8, 4) is 0 Å². The minimum absolute atomic E-state index is 0.00764. The lowest BCUT2D eigenvalue weighted by Crippen LogP contribution is -2.42. The first-order chi connectivity index (χ1) is 9.04. The minimum atomic E-state index is -0.408. The molecule has 0 saturated heterocycles. The molecule has 2 atom stereocenters. The van der Waals surface area contributed by atoms with Gasteiger partial charge in [-0.2, -0.15) is 0 Å². The molecule has 0 heterocycles. The number of halogens is 2. The third-order valence-corrected chi connectivity index (χ3v) is 3.58. The highest BCUT2D eigenvalue weighted by molar-refractivity contribution is 6.30.